The summed E-state index contributed by atoms with van der Waals surface area (Å²) in [5.74, 6) is 0.728. The summed E-state index contributed by atoms with van der Waals surface area (Å²) >= 11 is 0. The Bertz CT molecular complexity index is 754. The van der Waals surface area contributed by atoms with Crippen molar-refractivity contribution in [1.29, 1.82) is 0 Å². The van der Waals surface area contributed by atoms with Crippen LogP contribution in [-0.2, 0) is 21.9 Å². The summed E-state index contributed by atoms with van der Waals surface area (Å²) in [6.07, 6.45) is 2.68. The minimum Gasteiger partial charge on any atom is -0.337 e. The van der Waals surface area contributed by atoms with Crippen molar-refractivity contribution < 1.29 is 13.2 Å². The quantitative estimate of drug-likeness (QED) is 0.781. The van der Waals surface area contributed by atoms with Gasteiger partial charge in [0.1, 0.15) is 5.82 Å². The lowest BCUT2D eigenvalue weighted by Gasteiger charge is -2.41. The molecule has 2 aliphatic rings. The number of sulfonamides is 1. The third-order valence-electron chi connectivity index (χ3n) is 5.81. The number of nitrogens with zero attached hydrogens (tertiary/aromatic N) is 4. The van der Waals surface area contributed by atoms with Crippen molar-refractivity contribution >= 4 is 28.3 Å². The fourth-order valence-electron chi connectivity index (χ4n) is 3.73. The average molecular weight is 420 g/mol. The van der Waals surface area contributed by atoms with Crippen LogP contribution in [0, 0.1) is 12.8 Å². The summed E-state index contributed by atoms with van der Waals surface area (Å²) in [5, 5.41) is 3.47. The number of piperazine rings is 1. The molecule has 0 saturated carbocycles. The second-order valence-electron chi connectivity index (χ2n) is 7.43. The molecule has 2 aliphatic heterocycles. The van der Waals surface area contributed by atoms with Crippen LogP contribution in [0.15, 0.2) is 11.2 Å². The third kappa shape index (κ3) is 4.31. The summed E-state index contributed by atoms with van der Waals surface area (Å²) < 4.78 is 28.7. The minimum absolute atomic E-state index is 0. The van der Waals surface area contributed by atoms with Gasteiger partial charge in [0.05, 0.1) is 0 Å². The predicted octanol–water partition coefficient (Wildman–Crippen LogP) is 0.760. The monoisotopic (exact) mass is 419 g/mol. The fraction of sp³-hybridized carbons (Fsp3) is 0.765. The van der Waals surface area contributed by atoms with Crippen LogP contribution in [0.1, 0.15) is 32.5 Å². The van der Waals surface area contributed by atoms with Gasteiger partial charge in [-0.1, -0.05) is 0 Å². The van der Waals surface area contributed by atoms with E-state index in [1.807, 2.05) is 4.90 Å². The first-order chi connectivity index (χ1) is 12.2. The van der Waals surface area contributed by atoms with E-state index < -0.39 is 10.0 Å². The van der Waals surface area contributed by atoms with Crippen LogP contribution in [0.3, 0.4) is 0 Å². The summed E-state index contributed by atoms with van der Waals surface area (Å²) in [5.41, 5.74) is 0. The average Bonchev–Trinajstić information content (AvgIpc) is 2.97. The van der Waals surface area contributed by atoms with E-state index in [4.69, 9.17) is 0 Å². The number of imidazole rings is 1. The van der Waals surface area contributed by atoms with Gasteiger partial charge in [-0.2, -0.15) is 4.31 Å². The number of aromatic nitrogens is 2. The number of amides is 1. The van der Waals surface area contributed by atoms with Gasteiger partial charge in [-0.25, -0.2) is 13.4 Å². The molecule has 8 nitrogen and oxygen atoms in total. The van der Waals surface area contributed by atoms with Crippen LogP contribution in [0.25, 0.3) is 0 Å². The van der Waals surface area contributed by atoms with Crippen LogP contribution in [0.2, 0.25) is 0 Å². The lowest BCUT2D eigenvalue weighted by Crippen LogP contribution is -2.59. The van der Waals surface area contributed by atoms with E-state index in [2.05, 4.69) is 24.1 Å². The van der Waals surface area contributed by atoms with Crippen molar-refractivity contribution in [3.05, 3.63) is 12.0 Å². The van der Waals surface area contributed by atoms with Crippen LogP contribution in [0.4, 0.5) is 0 Å². The van der Waals surface area contributed by atoms with Gasteiger partial charge >= 0.3 is 0 Å². The van der Waals surface area contributed by atoms with E-state index in [0.29, 0.717) is 31.8 Å². The van der Waals surface area contributed by atoms with Gasteiger partial charge in [0.25, 0.3) is 10.0 Å². The Morgan fingerprint density at radius 1 is 1.22 bits per heavy atom. The Morgan fingerprint density at radius 2 is 1.85 bits per heavy atom. The van der Waals surface area contributed by atoms with Crippen molar-refractivity contribution in [2.45, 2.75) is 50.7 Å². The van der Waals surface area contributed by atoms with Crippen molar-refractivity contribution in [2.75, 3.05) is 26.2 Å². The fourth-order valence-corrected chi connectivity index (χ4v) is 5.22. The molecule has 1 N–H and O–H groups in total. The highest BCUT2D eigenvalue weighted by Gasteiger charge is 2.37. The first-order valence-corrected chi connectivity index (χ1v) is 10.7. The zero-order valence-electron chi connectivity index (χ0n) is 16.4. The molecule has 1 aromatic rings. The topological polar surface area (TPSA) is 87.5 Å². The summed E-state index contributed by atoms with van der Waals surface area (Å²) in [6.45, 7) is 8.19. The van der Waals surface area contributed by atoms with Gasteiger partial charge in [-0.15, -0.1) is 12.4 Å². The van der Waals surface area contributed by atoms with Gasteiger partial charge in [0.15, 0.2) is 5.03 Å². The number of hydrogen-bond acceptors (Lipinski definition) is 5. The van der Waals surface area contributed by atoms with Crippen molar-refractivity contribution in [1.82, 2.24) is 24.1 Å². The van der Waals surface area contributed by atoms with Gasteiger partial charge in [-0.3, -0.25) is 4.79 Å². The molecule has 10 heteroatoms. The van der Waals surface area contributed by atoms with E-state index in [0.717, 1.165) is 13.1 Å². The van der Waals surface area contributed by atoms with Gasteiger partial charge in [0, 0.05) is 57.4 Å². The van der Waals surface area contributed by atoms with Crippen LogP contribution in [-0.4, -0.2) is 71.3 Å². The SMILES string of the molecule is Cc1nc(S(=O)(=O)N2CCC(C(=O)N3CCNC(C)C3C)CC2)cn1C.Cl. The van der Waals surface area contributed by atoms with E-state index >= 15 is 0 Å². The molecule has 2 fully saturated rings. The molecule has 0 spiro atoms. The maximum absolute atomic E-state index is 12.9. The largest absolute Gasteiger partial charge is 0.337 e. The highest BCUT2D eigenvalue weighted by Crippen LogP contribution is 2.26. The van der Waals surface area contributed by atoms with E-state index in [9.17, 15) is 13.2 Å². The molecule has 1 aromatic heterocycles. The lowest BCUT2D eigenvalue weighted by atomic mass is 9.94. The molecule has 3 rings (SSSR count). The standard InChI is InChI=1S/C17H29N5O3S.ClH/c1-12-13(2)22(10-7-18-12)17(23)15-5-8-21(9-6-15)26(24,25)16-11-20(4)14(3)19-16;/h11-13,15,18H,5-10H2,1-4H3;1H. The maximum atomic E-state index is 12.9. The third-order valence-corrected chi connectivity index (χ3v) is 7.58. The van der Waals surface area contributed by atoms with Gasteiger partial charge < -0.3 is 14.8 Å². The molecule has 2 atom stereocenters. The zero-order chi connectivity index (χ0) is 19.1. The molecule has 27 heavy (non-hydrogen) atoms. The molecular weight excluding hydrogens is 390 g/mol. The number of nitrogens with one attached hydrogen (secondary N) is 1. The Labute approximate surface area is 167 Å². The number of halogens is 1. The molecule has 0 aromatic carbocycles. The molecule has 154 valence electrons. The van der Waals surface area contributed by atoms with Crippen LogP contribution >= 0.6 is 12.4 Å². The van der Waals surface area contributed by atoms with Crippen LogP contribution < -0.4 is 5.32 Å². The summed E-state index contributed by atoms with van der Waals surface area (Å²) in [4.78, 5) is 19.0. The smallest absolute Gasteiger partial charge is 0.262 e. The zero-order valence-corrected chi connectivity index (χ0v) is 18.0. The normalized spacial score (nSPS) is 25.3. The lowest BCUT2D eigenvalue weighted by molar-refractivity contribution is -0.140. The number of hydrogen-bond donors (Lipinski definition) is 1. The molecule has 0 aliphatic carbocycles. The number of piperidine rings is 1. The molecule has 0 radical (unpaired) electrons. The van der Waals surface area contributed by atoms with E-state index in [1.54, 1.807) is 24.7 Å². The van der Waals surface area contributed by atoms with E-state index in [-0.39, 0.29) is 41.3 Å². The minimum atomic E-state index is -3.59. The summed E-state index contributed by atoms with van der Waals surface area (Å²) in [6, 6.07) is 0.440. The second kappa shape index (κ2) is 8.46. The molecule has 2 saturated heterocycles. The number of carbonyl (C=O) groups is 1. The number of rotatable bonds is 3. The maximum Gasteiger partial charge on any atom is 0.262 e. The van der Waals surface area contributed by atoms with Crippen LogP contribution in [0.5, 0.6) is 0 Å². The Morgan fingerprint density at radius 3 is 2.41 bits per heavy atom. The molecular formula is C17H30ClN5O3S. The van der Waals surface area contributed by atoms with Crippen molar-refractivity contribution in [2.24, 2.45) is 13.0 Å². The van der Waals surface area contributed by atoms with Gasteiger partial charge in [0.2, 0.25) is 5.91 Å². The molecule has 3 heterocycles. The number of carbonyl (C=O) groups excluding carboxylic acids is 1. The highest BCUT2D eigenvalue weighted by molar-refractivity contribution is 7.89. The molecule has 2 unspecified atom stereocenters. The Kier molecular flexibility index (Phi) is 6.94. The Hall–Kier alpha value is -1.16. The summed E-state index contributed by atoms with van der Waals surface area (Å²) in [7, 11) is -1.81. The first-order valence-electron chi connectivity index (χ1n) is 9.25. The molecule has 0 bridgehead atoms. The van der Waals surface area contributed by atoms with Crippen molar-refractivity contribution in [3.63, 3.8) is 0 Å². The van der Waals surface area contributed by atoms with Crippen molar-refractivity contribution in [3.8, 4) is 0 Å². The number of aryl methyl sites for hydroxylation is 2. The highest BCUT2D eigenvalue weighted by atomic mass is 35.5. The van der Waals surface area contributed by atoms with Gasteiger partial charge in [-0.05, 0) is 33.6 Å². The van der Waals surface area contributed by atoms with E-state index in [1.165, 1.54) is 4.31 Å². The Balaban J connectivity index is 0.00000261. The predicted molar refractivity (Wildman–Crippen MR) is 105 cm³/mol. The second-order valence-corrected chi connectivity index (χ2v) is 9.32. The first kappa shape index (κ1) is 22.1. The molecule has 1 amide bonds.